The normalized spacial score (nSPS) is 26.6. The number of nitriles is 1. The summed E-state index contributed by atoms with van der Waals surface area (Å²) in [6.45, 7) is 1.93. The summed E-state index contributed by atoms with van der Waals surface area (Å²) in [6.07, 6.45) is 6.52. The lowest BCUT2D eigenvalue weighted by Gasteiger charge is -2.42. The Morgan fingerprint density at radius 2 is 1.95 bits per heavy atom. The van der Waals surface area contributed by atoms with Gasteiger partial charge in [0.25, 0.3) is 0 Å². The monoisotopic (exact) mass is 258 g/mol. The van der Waals surface area contributed by atoms with Crippen LogP contribution in [-0.2, 0) is 0 Å². The Bertz CT molecular complexity index is 506. The fourth-order valence-electron chi connectivity index (χ4n) is 3.65. The molecule has 0 radical (unpaired) electrons. The van der Waals surface area contributed by atoms with Gasteiger partial charge in [-0.2, -0.15) is 5.26 Å². The van der Waals surface area contributed by atoms with Crippen LogP contribution in [0.1, 0.15) is 37.7 Å². The molecule has 100 valence electrons. The van der Waals surface area contributed by atoms with Crippen molar-refractivity contribution in [3.05, 3.63) is 29.6 Å². The van der Waals surface area contributed by atoms with Gasteiger partial charge in [0.05, 0.1) is 17.3 Å². The zero-order valence-electron chi connectivity index (χ0n) is 11.1. The Labute approximate surface area is 113 Å². The number of hydrogen-bond acceptors (Lipinski definition) is 2. The van der Waals surface area contributed by atoms with E-state index in [9.17, 15) is 4.39 Å². The molecule has 2 aliphatic rings. The summed E-state index contributed by atoms with van der Waals surface area (Å²) >= 11 is 0. The Balaban J connectivity index is 1.78. The molecule has 3 rings (SSSR count). The summed E-state index contributed by atoms with van der Waals surface area (Å²) in [6, 6.07) is 6.81. The molecule has 2 atom stereocenters. The minimum Gasteiger partial charge on any atom is -0.369 e. The lowest BCUT2D eigenvalue weighted by atomic mass is 9.75. The minimum atomic E-state index is -0.256. The predicted octanol–water partition coefficient (Wildman–Crippen LogP) is 3.71. The highest BCUT2D eigenvalue weighted by atomic mass is 19.1. The van der Waals surface area contributed by atoms with Crippen LogP contribution in [-0.4, -0.2) is 13.1 Å². The van der Waals surface area contributed by atoms with Gasteiger partial charge in [-0.3, -0.25) is 0 Å². The average molecular weight is 258 g/mol. The number of piperidine rings is 1. The van der Waals surface area contributed by atoms with E-state index < -0.39 is 0 Å². The third kappa shape index (κ3) is 2.45. The number of nitrogens with zero attached hydrogens (tertiary/aromatic N) is 2. The molecule has 2 nitrogen and oxygen atoms in total. The summed E-state index contributed by atoms with van der Waals surface area (Å²) in [7, 11) is 0. The molecular weight excluding hydrogens is 239 g/mol. The third-order valence-corrected chi connectivity index (χ3v) is 4.71. The SMILES string of the molecule is N#Cc1ccc(N2CCC3CCCCC3C2)c(F)c1. The van der Waals surface area contributed by atoms with E-state index in [2.05, 4.69) is 4.90 Å². The Morgan fingerprint density at radius 1 is 1.16 bits per heavy atom. The van der Waals surface area contributed by atoms with Crippen LogP contribution in [0.25, 0.3) is 0 Å². The molecule has 0 aromatic heterocycles. The van der Waals surface area contributed by atoms with Gasteiger partial charge in [0.2, 0.25) is 0 Å². The first-order valence-electron chi connectivity index (χ1n) is 7.22. The topological polar surface area (TPSA) is 27.0 Å². The average Bonchev–Trinajstić information content (AvgIpc) is 2.46. The Morgan fingerprint density at radius 3 is 2.68 bits per heavy atom. The van der Waals surface area contributed by atoms with Crippen LogP contribution in [0.3, 0.4) is 0 Å². The Hall–Kier alpha value is -1.56. The van der Waals surface area contributed by atoms with Crippen molar-refractivity contribution in [2.45, 2.75) is 32.1 Å². The molecule has 0 spiro atoms. The van der Waals surface area contributed by atoms with Crippen LogP contribution in [0.2, 0.25) is 0 Å². The molecule has 1 aliphatic carbocycles. The zero-order valence-corrected chi connectivity index (χ0v) is 11.1. The number of fused-ring (bicyclic) bond motifs is 1. The predicted molar refractivity (Wildman–Crippen MR) is 73.4 cm³/mol. The summed E-state index contributed by atoms with van der Waals surface area (Å²) in [5, 5.41) is 8.79. The molecule has 1 aromatic carbocycles. The fraction of sp³-hybridized carbons (Fsp3) is 0.562. The second-order valence-corrected chi connectivity index (χ2v) is 5.82. The van der Waals surface area contributed by atoms with Gasteiger partial charge < -0.3 is 4.90 Å². The standard InChI is InChI=1S/C16H19FN2/c17-15-9-12(10-18)5-6-16(15)19-8-7-13-3-1-2-4-14(13)11-19/h5-6,9,13-14H,1-4,7-8,11H2. The number of anilines is 1. The molecule has 19 heavy (non-hydrogen) atoms. The van der Waals surface area contributed by atoms with Gasteiger partial charge in [-0.1, -0.05) is 19.3 Å². The highest BCUT2D eigenvalue weighted by Gasteiger charge is 2.31. The number of hydrogen-bond donors (Lipinski definition) is 0. The van der Waals surface area contributed by atoms with Crippen molar-refractivity contribution >= 4 is 5.69 Å². The zero-order chi connectivity index (χ0) is 13.2. The summed E-state index contributed by atoms with van der Waals surface area (Å²) < 4.78 is 14.1. The van der Waals surface area contributed by atoms with Gasteiger partial charge in [-0.15, -0.1) is 0 Å². The van der Waals surface area contributed by atoms with Crippen molar-refractivity contribution in [2.75, 3.05) is 18.0 Å². The van der Waals surface area contributed by atoms with Crippen LogP contribution < -0.4 is 4.90 Å². The lowest BCUT2D eigenvalue weighted by Crippen LogP contribution is -2.42. The molecule has 1 saturated heterocycles. The van der Waals surface area contributed by atoms with E-state index in [1.807, 2.05) is 6.07 Å². The van der Waals surface area contributed by atoms with E-state index in [1.165, 1.54) is 38.2 Å². The molecule has 0 amide bonds. The maximum atomic E-state index is 14.1. The van der Waals surface area contributed by atoms with Gasteiger partial charge in [0.1, 0.15) is 5.82 Å². The van der Waals surface area contributed by atoms with E-state index in [-0.39, 0.29) is 5.82 Å². The lowest BCUT2D eigenvalue weighted by molar-refractivity contribution is 0.202. The van der Waals surface area contributed by atoms with E-state index in [4.69, 9.17) is 5.26 Å². The van der Waals surface area contributed by atoms with Crippen molar-refractivity contribution in [1.29, 1.82) is 5.26 Å². The van der Waals surface area contributed by atoms with Crippen LogP contribution in [0, 0.1) is 29.0 Å². The quantitative estimate of drug-likeness (QED) is 0.767. The number of halogens is 1. The second kappa shape index (κ2) is 5.21. The molecule has 1 heterocycles. The maximum Gasteiger partial charge on any atom is 0.147 e. The van der Waals surface area contributed by atoms with Crippen molar-refractivity contribution in [1.82, 2.24) is 0 Å². The largest absolute Gasteiger partial charge is 0.369 e. The number of benzene rings is 1. The van der Waals surface area contributed by atoms with Gasteiger partial charge in [-0.05, 0) is 42.9 Å². The molecular formula is C16H19FN2. The van der Waals surface area contributed by atoms with E-state index in [1.54, 1.807) is 12.1 Å². The summed E-state index contributed by atoms with van der Waals surface area (Å²) in [5.74, 6) is 1.33. The molecule has 3 heteroatoms. The molecule has 2 fully saturated rings. The molecule has 2 unspecified atom stereocenters. The first-order chi connectivity index (χ1) is 9.28. The summed E-state index contributed by atoms with van der Waals surface area (Å²) in [4.78, 5) is 2.17. The van der Waals surface area contributed by atoms with E-state index >= 15 is 0 Å². The van der Waals surface area contributed by atoms with Crippen LogP contribution in [0.15, 0.2) is 18.2 Å². The van der Waals surface area contributed by atoms with Crippen LogP contribution in [0.4, 0.5) is 10.1 Å². The fourth-order valence-corrected chi connectivity index (χ4v) is 3.65. The first kappa shape index (κ1) is 12.5. The van der Waals surface area contributed by atoms with Crippen LogP contribution in [0.5, 0.6) is 0 Å². The maximum absolute atomic E-state index is 14.1. The smallest absolute Gasteiger partial charge is 0.147 e. The first-order valence-corrected chi connectivity index (χ1v) is 7.22. The molecule has 1 aromatic rings. The molecule has 0 bridgehead atoms. The van der Waals surface area contributed by atoms with E-state index in [0.717, 1.165) is 24.9 Å². The van der Waals surface area contributed by atoms with Crippen molar-refractivity contribution in [2.24, 2.45) is 11.8 Å². The van der Waals surface area contributed by atoms with Gasteiger partial charge in [-0.25, -0.2) is 4.39 Å². The number of rotatable bonds is 1. The molecule has 0 N–H and O–H groups in total. The highest BCUT2D eigenvalue weighted by molar-refractivity contribution is 5.51. The highest BCUT2D eigenvalue weighted by Crippen LogP contribution is 2.38. The van der Waals surface area contributed by atoms with Crippen molar-refractivity contribution < 1.29 is 4.39 Å². The van der Waals surface area contributed by atoms with E-state index in [0.29, 0.717) is 11.3 Å². The summed E-state index contributed by atoms with van der Waals surface area (Å²) in [5.41, 5.74) is 1.07. The third-order valence-electron chi connectivity index (χ3n) is 4.71. The van der Waals surface area contributed by atoms with Crippen molar-refractivity contribution in [3.63, 3.8) is 0 Å². The van der Waals surface area contributed by atoms with Crippen LogP contribution >= 0.6 is 0 Å². The van der Waals surface area contributed by atoms with Crippen molar-refractivity contribution in [3.8, 4) is 6.07 Å². The Kier molecular flexibility index (Phi) is 3.42. The second-order valence-electron chi connectivity index (χ2n) is 5.82. The minimum absolute atomic E-state index is 0.256. The van der Waals surface area contributed by atoms with Gasteiger partial charge in [0, 0.05) is 13.1 Å². The molecule has 1 aliphatic heterocycles. The van der Waals surface area contributed by atoms with Gasteiger partial charge >= 0.3 is 0 Å². The molecule has 1 saturated carbocycles. The van der Waals surface area contributed by atoms with Gasteiger partial charge in [0.15, 0.2) is 0 Å².